The summed E-state index contributed by atoms with van der Waals surface area (Å²) in [4.78, 5) is 29.3. The number of hydrogen-bond acceptors (Lipinski definition) is 6. The number of rotatable bonds is 5. The van der Waals surface area contributed by atoms with E-state index in [1.54, 1.807) is 42.5 Å². The van der Waals surface area contributed by atoms with Crippen molar-refractivity contribution in [2.24, 2.45) is 0 Å². The summed E-state index contributed by atoms with van der Waals surface area (Å²) in [7, 11) is 1.56. The third-order valence-electron chi connectivity index (χ3n) is 6.36. The van der Waals surface area contributed by atoms with Gasteiger partial charge >= 0.3 is 6.18 Å². The number of aromatic nitrogens is 3. The molecule has 1 fully saturated rings. The van der Waals surface area contributed by atoms with Gasteiger partial charge in [-0.05, 0) is 35.9 Å². The topological polar surface area (TPSA) is 71.5 Å². The molecular formula is C27H24F3N5O2. The van der Waals surface area contributed by atoms with Gasteiger partial charge in [0.2, 0.25) is 5.88 Å². The lowest BCUT2D eigenvalue weighted by atomic mass is 10.00. The molecule has 1 aliphatic rings. The molecule has 2 aromatic heterocycles. The molecule has 0 N–H and O–H groups in total. The number of pyridine rings is 1. The van der Waals surface area contributed by atoms with E-state index in [1.807, 2.05) is 30.3 Å². The van der Waals surface area contributed by atoms with Crippen LogP contribution in [-0.2, 0) is 0 Å². The van der Waals surface area contributed by atoms with Gasteiger partial charge in [0.1, 0.15) is 6.33 Å². The van der Waals surface area contributed by atoms with Crippen LogP contribution in [0.25, 0.3) is 33.3 Å². The number of benzene rings is 2. The number of piperazine rings is 1. The van der Waals surface area contributed by atoms with Gasteiger partial charge in [-0.25, -0.2) is 15.0 Å². The lowest BCUT2D eigenvalue weighted by Crippen LogP contribution is -2.50. The van der Waals surface area contributed by atoms with Gasteiger partial charge in [-0.2, -0.15) is 13.2 Å². The van der Waals surface area contributed by atoms with Crippen molar-refractivity contribution in [3.8, 4) is 28.3 Å². The summed E-state index contributed by atoms with van der Waals surface area (Å²) < 4.78 is 43.2. The van der Waals surface area contributed by atoms with Crippen LogP contribution < -0.4 is 4.74 Å². The Bertz CT molecular complexity index is 1420. The number of methoxy groups -OCH3 is 1. The highest BCUT2D eigenvalue weighted by Crippen LogP contribution is 2.30. The van der Waals surface area contributed by atoms with Crippen LogP contribution in [-0.4, -0.2) is 76.7 Å². The third kappa shape index (κ3) is 5.54. The summed E-state index contributed by atoms with van der Waals surface area (Å²) >= 11 is 0. The maximum absolute atomic E-state index is 13.2. The Morgan fingerprint density at radius 1 is 0.919 bits per heavy atom. The molecule has 37 heavy (non-hydrogen) atoms. The molecule has 190 valence electrons. The zero-order valence-corrected chi connectivity index (χ0v) is 20.1. The van der Waals surface area contributed by atoms with E-state index in [-0.39, 0.29) is 32.1 Å². The number of amides is 1. The highest BCUT2D eigenvalue weighted by molar-refractivity contribution is 5.98. The van der Waals surface area contributed by atoms with Gasteiger partial charge in [0.05, 0.1) is 24.9 Å². The van der Waals surface area contributed by atoms with E-state index >= 15 is 0 Å². The van der Waals surface area contributed by atoms with Crippen LogP contribution in [0.4, 0.5) is 13.2 Å². The second-order valence-electron chi connectivity index (χ2n) is 8.81. The highest BCUT2D eigenvalue weighted by atomic mass is 19.4. The molecule has 0 saturated carbocycles. The summed E-state index contributed by atoms with van der Waals surface area (Å²) in [5, 5.41) is 0.821. The van der Waals surface area contributed by atoms with Crippen LogP contribution in [0.3, 0.4) is 0 Å². The molecule has 2 aromatic carbocycles. The first-order chi connectivity index (χ1) is 17.8. The van der Waals surface area contributed by atoms with Crippen molar-refractivity contribution in [3.63, 3.8) is 0 Å². The molecule has 0 atom stereocenters. The van der Waals surface area contributed by atoms with Gasteiger partial charge < -0.3 is 9.64 Å². The highest BCUT2D eigenvalue weighted by Gasteiger charge is 2.33. The minimum absolute atomic E-state index is 0.185. The van der Waals surface area contributed by atoms with Crippen molar-refractivity contribution in [1.29, 1.82) is 0 Å². The minimum atomic E-state index is -4.25. The number of hydrogen-bond donors (Lipinski definition) is 0. The van der Waals surface area contributed by atoms with Gasteiger partial charge in [0, 0.05) is 60.5 Å². The van der Waals surface area contributed by atoms with E-state index in [4.69, 9.17) is 4.74 Å². The van der Waals surface area contributed by atoms with E-state index < -0.39 is 12.7 Å². The Morgan fingerprint density at radius 3 is 2.41 bits per heavy atom. The van der Waals surface area contributed by atoms with Crippen LogP contribution in [0.5, 0.6) is 5.88 Å². The standard InChI is InChI=1S/C27H24F3N5O2/c1-37-24-8-6-21(15-31-24)18-5-7-23-22(14-18)25(33-17-32-23)19-3-2-4-20(13-19)26(36)35-11-9-34(10-12-35)16-27(28,29)30/h2-8,13-15,17H,9-12,16H2,1H3. The van der Waals surface area contributed by atoms with Crippen molar-refractivity contribution < 1.29 is 22.7 Å². The summed E-state index contributed by atoms with van der Waals surface area (Å²) in [6, 6.07) is 16.7. The SMILES string of the molecule is COc1ccc(-c2ccc3ncnc(-c4cccc(C(=O)N5CCN(CC(F)(F)F)CC5)c4)c3c2)cn1. The Hall–Kier alpha value is -4.05. The average Bonchev–Trinajstić information content (AvgIpc) is 2.92. The van der Waals surface area contributed by atoms with Gasteiger partial charge in [0.25, 0.3) is 5.91 Å². The Kier molecular flexibility index (Phi) is 6.75. The Balaban J connectivity index is 1.41. The molecule has 5 rings (SSSR count). The van der Waals surface area contributed by atoms with Crippen LogP contribution in [0.2, 0.25) is 0 Å². The first-order valence-electron chi connectivity index (χ1n) is 11.7. The molecule has 3 heterocycles. The molecule has 0 unspecified atom stereocenters. The lowest BCUT2D eigenvalue weighted by Gasteiger charge is -2.35. The fourth-order valence-corrected chi connectivity index (χ4v) is 4.48. The van der Waals surface area contributed by atoms with E-state index in [9.17, 15) is 18.0 Å². The molecule has 0 aliphatic carbocycles. The summed E-state index contributed by atoms with van der Waals surface area (Å²) in [6.07, 6.45) is -1.03. The molecular weight excluding hydrogens is 483 g/mol. The first kappa shape index (κ1) is 24.6. The van der Waals surface area contributed by atoms with Crippen molar-refractivity contribution in [1.82, 2.24) is 24.8 Å². The third-order valence-corrected chi connectivity index (χ3v) is 6.36. The van der Waals surface area contributed by atoms with Crippen molar-refractivity contribution in [3.05, 3.63) is 72.7 Å². The van der Waals surface area contributed by atoms with E-state index in [2.05, 4.69) is 15.0 Å². The number of fused-ring (bicyclic) bond motifs is 1. The Labute approximate surface area is 211 Å². The van der Waals surface area contributed by atoms with Gasteiger partial charge in [-0.1, -0.05) is 18.2 Å². The second kappa shape index (κ2) is 10.1. The van der Waals surface area contributed by atoms with Crippen LogP contribution in [0, 0.1) is 0 Å². The maximum Gasteiger partial charge on any atom is 0.401 e. The number of carbonyl (C=O) groups is 1. The number of alkyl halides is 3. The van der Waals surface area contributed by atoms with Crippen LogP contribution in [0.1, 0.15) is 10.4 Å². The van der Waals surface area contributed by atoms with Crippen molar-refractivity contribution in [2.75, 3.05) is 39.8 Å². The van der Waals surface area contributed by atoms with Gasteiger partial charge in [-0.15, -0.1) is 0 Å². The minimum Gasteiger partial charge on any atom is -0.481 e. The summed E-state index contributed by atoms with van der Waals surface area (Å²) in [5.41, 5.74) is 4.49. The first-order valence-corrected chi connectivity index (χ1v) is 11.7. The Morgan fingerprint density at radius 2 is 1.70 bits per heavy atom. The predicted octanol–water partition coefficient (Wildman–Crippen LogP) is 4.69. The van der Waals surface area contributed by atoms with Crippen molar-refractivity contribution >= 4 is 16.8 Å². The molecule has 1 saturated heterocycles. The largest absolute Gasteiger partial charge is 0.481 e. The number of nitrogens with zero attached hydrogens (tertiary/aromatic N) is 5. The smallest absolute Gasteiger partial charge is 0.401 e. The molecule has 0 spiro atoms. The normalized spacial score (nSPS) is 14.6. The zero-order valence-electron chi connectivity index (χ0n) is 20.1. The molecule has 1 aliphatic heterocycles. The summed E-state index contributed by atoms with van der Waals surface area (Å²) in [5.74, 6) is 0.314. The fraction of sp³-hybridized carbons (Fsp3) is 0.259. The van der Waals surface area contributed by atoms with Crippen molar-refractivity contribution in [2.45, 2.75) is 6.18 Å². The number of halogens is 3. The molecule has 10 heteroatoms. The number of ether oxygens (including phenoxy) is 1. The predicted molar refractivity (Wildman–Crippen MR) is 133 cm³/mol. The molecule has 4 aromatic rings. The second-order valence-corrected chi connectivity index (χ2v) is 8.81. The summed E-state index contributed by atoms with van der Waals surface area (Å²) in [6.45, 7) is -0.0987. The molecule has 1 amide bonds. The van der Waals surface area contributed by atoms with E-state index in [0.717, 1.165) is 27.6 Å². The van der Waals surface area contributed by atoms with Crippen LogP contribution in [0.15, 0.2) is 67.1 Å². The fourth-order valence-electron chi connectivity index (χ4n) is 4.48. The van der Waals surface area contributed by atoms with E-state index in [1.165, 1.54) is 11.2 Å². The van der Waals surface area contributed by atoms with Crippen LogP contribution >= 0.6 is 0 Å². The quantitative estimate of drug-likeness (QED) is 0.391. The van der Waals surface area contributed by atoms with Gasteiger partial charge in [0.15, 0.2) is 0 Å². The lowest BCUT2D eigenvalue weighted by molar-refractivity contribution is -0.148. The monoisotopic (exact) mass is 507 g/mol. The van der Waals surface area contributed by atoms with E-state index in [0.29, 0.717) is 17.1 Å². The maximum atomic E-state index is 13.2. The molecule has 0 bridgehead atoms. The van der Waals surface area contributed by atoms with Gasteiger partial charge in [-0.3, -0.25) is 9.69 Å². The molecule has 0 radical (unpaired) electrons. The average molecular weight is 508 g/mol. The molecule has 7 nitrogen and oxygen atoms in total. The zero-order chi connectivity index (χ0) is 26.0. The number of carbonyl (C=O) groups excluding carboxylic acids is 1.